The molecule has 0 aliphatic carbocycles. The van der Waals surface area contributed by atoms with Crippen molar-refractivity contribution in [3.8, 4) is 0 Å². The summed E-state index contributed by atoms with van der Waals surface area (Å²) in [5.74, 6) is -0.259. The van der Waals surface area contributed by atoms with E-state index in [1.165, 1.54) is 0 Å². The normalized spacial score (nSPS) is 27.1. The van der Waals surface area contributed by atoms with Gasteiger partial charge in [0.2, 0.25) is 0 Å². The summed E-state index contributed by atoms with van der Waals surface area (Å²) in [5, 5.41) is 3.01. The number of nitrogens with one attached hydrogen (secondary N) is 1. The van der Waals surface area contributed by atoms with Gasteiger partial charge in [0.25, 0.3) is 0 Å². The lowest BCUT2D eigenvalue weighted by Crippen LogP contribution is -2.50. The lowest BCUT2D eigenvalue weighted by molar-refractivity contribution is -0.160. The zero-order valence-electron chi connectivity index (χ0n) is 10.4. The van der Waals surface area contributed by atoms with Crippen molar-refractivity contribution in [3.63, 3.8) is 0 Å². The van der Waals surface area contributed by atoms with Crippen LogP contribution in [-0.2, 0) is 9.53 Å². The van der Waals surface area contributed by atoms with Gasteiger partial charge in [0.05, 0.1) is 12.2 Å². The highest BCUT2D eigenvalue weighted by atomic mass is 79.9. The van der Waals surface area contributed by atoms with Crippen LogP contribution >= 0.6 is 31.9 Å². The maximum absolute atomic E-state index is 12.2. The Morgan fingerprint density at radius 2 is 2.28 bits per heavy atom. The van der Waals surface area contributed by atoms with E-state index in [9.17, 15) is 4.79 Å². The number of fused-ring (bicyclic) bond motifs is 1. The molecule has 0 radical (unpaired) electrons. The first-order valence-corrected chi connectivity index (χ1v) is 7.32. The molecule has 0 fully saturated rings. The van der Waals surface area contributed by atoms with Crippen LogP contribution in [0.5, 0.6) is 0 Å². The highest BCUT2D eigenvalue weighted by Gasteiger charge is 2.40. The highest BCUT2D eigenvalue weighted by Crippen LogP contribution is 2.31. The van der Waals surface area contributed by atoms with E-state index in [1.807, 2.05) is 25.7 Å². The summed E-state index contributed by atoms with van der Waals surface area (Å²) < 4.78 is 6.25. The van der Waals surface area contributed by atoms with E-state index in [-0.39, 0.29) is 11.0 Å². The van der Waals surface area contributed by atoms with Gasteiger partial charge in [-0.2, -0.15) is 0 Å². The minimum Gasteiger partial charge on any atom is -0.458 e. The summed E-state index contributed by atoms with van der Waals surface area (Å²) >= 11 is 6.89. The van der Waals surface area contributed by atoms with Crippen LogP contribution in [0, 0.1) is 0 Å². The van der Waals surface area contributed by atoms with Gasteiger partial charge in [0.15, 0.2) is 5.08 Å². The van der Waals surface area contributed by atoms with Crippen LogP contribution in [0.1, 0.15) is 20.8 Å². The second-order valence-corrected chi connectivity index (χ2v) is 6.79. The van der Waals surface area contributed by atoms with Crippen molar-refractivity contribution >= 4 is 44.0 Å². The first-order valence-electron chi connectivity index (χ1n) is 5.61. The molecule has 0 saturated heterocycles. The summed E-state index contributed by atoms with van der Waals surface area (Å²) in [5.41, 5.74) is 0.368. The standard InChI is InChI=1S/C11H15Br2N3O2/c1-11(2,3)18-9(17)7-5-14-4-6-8(12)15-10(13)16(6)7/h4,7,10,15H,5H2,1-3H3. The van der Waals surface area contributed by atoms with Crippen molar-refractivity contribution in [1.82, 2.24) is 10.2 Å². The number of halogens is 2. The molecule has 7 heteroatoms. The first kappa shape index (κ1) is 13.9. The van der Waals surface area contributed by atoms with E-state index in [4.69, 9.17) is 4.74 Å². The van der Waals surface area contributed by atoms with E-state index in [2.05, 4.69) is 42.2 Å². The molecule has 0 saturated carbocycles. The number of hydrogen-bond donors (Lipinski definition) is 1. The molecule has 0 aromatic rings. The molecule has 0 aromatic heterocycles. The fourth-order valence-electron chi connectivity index (χ4n) is 1.82. The van der Waals surface area contributed by atoms with Crippen LogP contribution < -0.4 is 5.32 Å². The monoisotopic (exact) mass is 379 g/mol. The molecule has 2 atom stereocenters. The molecule has 0 bridgehead atoms. The summed E-state index contributed by atoms with van der Waals surface area (Å²) in [6, 6.07) is -0.406. The number of nitrogens with zero attached hydrogens (tertiary/aromatic N) is 2. The maximum atomic E-state index is 12.2. The molecule has 2 aliphatic rings. The largest absolute Gasteiger partial charge is 0.458 e. The van der Waals surface area contributed by atoms with Gasteiger partial charge in [-0.25, -0.2) is 4.79 Å². The number of carbonyl (C=O) groups excluding carboxylic acids is 1. The van der Waals surface area contributed by atoms with Gasteiger partial charge in [-0.3, -0.25) is 4.99 Å². The van der Waals surface area contributed by atoms with Crippen molar-refractivity contribution in [2.45, 2.75) is 37.5 Å². The van der Waals surface area contributed by atoms with Crippen LogP contribution in [0.3, 0.4) is 0 Å². The number of carbonyl (C=O) groups is 1. The van der Waals surface area contributed by atoms with E-state index in [0.29, 0.717) is 6.54 Å². The molecule has 5 nitrogen and oxygen atoms in total. The Balaban J connectivity index is 2.20. The van der Waals surface area contributed by atoms with Crippen LogP contribution in [0.25, 0.3) is 0 Å². The van der Waals surface area contributed by atoms with Crippen molar-refractivity contribution in [2.24, 2.45) is 4.99 Å². The zero-order chi connectivity index (χ0) is 13.5. The number of alkyl halides is 1. The third-order valence-electron chi connectivity index (χ3n) is 2.50. The van der Waals surface area contributed by atoms with E-state index in [1.54, 1.807) is 6.21 Å². The zero-order valence-corrected chi connectivity index (χ0v) is 13.6. The second kappa shape index (κ2) is 4.85. The molecule has 0 amide bonds. The Bertz CT molecular complexity index is 428. The van der Waals surface area contributed by atoms with Crippen LogP contribution in [0.2, 0.25) is 0 Å². The molecule has 2 heterocycles. The molecule has 2 unspecified atom stereocenters. The van der Waals surface area contributed by atoms with Crippen molar-refractivity contribution in [3.05, 3.63) is 10.3 Å². The number of ether oxygens (including phenoxy) is 1. The van der Waals surface area contributed by atoms with Crippen LogP contribution in [0.15, 0.2) is 15.3 Å². The fraction of sp³-hybridized carbons (Fsp3) is 0.636. The Hall–Kier alpha value is -0.560. The van der Waals surface area contributed by atoms with E-state index in [0.717, 1.165) is 10.3 Å². The molecule has 0 spiro atoms. The van der Waals surface area contributed by atoms with Gasteiger partial charge in [-0.15, -0.1) is 0 Å². The van der Waals surface area contributed by atoms with Crippen LogP contribution in [0.4, 0.5) is 0 Å². The van der Waals surface area contributed by atoms with Gasteiger partial charge in [0, 0.05) is 6.21 Å². The Morgan fingerprint density at radius 1 is 1.61 bits per heavy atom. The van der Waals surface area contributed by atoms with Crippen LogP contribution in [-0.4, -0.2) is 40.3 Å². The van der Waals surface area contributed by atoms with Crippen molar-refractivity contribution in [2.75, 3.05) is 6.54 Å². The molecule has 2 rings (SSSR count). The SMILES string of the molecule is CC(C)(C)OC(=O)C1CN=CC2=C(Br)NC(Br)N21. The third kappa shape index (κ3) is 2.71. The quantitative estimate of drug-likeness (QED) is 0.429. The number of rotatable bonds is 1. The van der Waals surface area contributed by atoms with Gasteiger partial charge < -0.3 is 15.0 Å². The third-order valence-corrected chi connectivity index (χ3v) is 3.80. The molecule has 18 heavy (non-hydrogen) atoms. The summed E-state index contributed by atoms with van der Waals surface area (Å²) in [6.45, 7) is 5.98. The Morgan fingerprint density at radius 3 is 2.89 bits per heavy atom. The first-order chi connectivity index (χ1) is 8.29. The lowest BCUT2D eigenvalue weighted by atomic mass is 10.1. The molecular weight excluding hydrogens is 366 g/mol. The summed E-state index contributed by atoms with van der Waals surface area (Å²) in [4.78, 5) is 18.3. The average Bonchev–Trinajstić information content (AvgIpc) is 2.52. The predicted molar refractivity (Wildman–Crippen MR) is 76.6 cm³/mol. The predicted octanol–water partition coefficient (Wildman–Crippen LogP) is 1.93. The lowest BCUT2D eigenvalue weighted by Gasteiger charge is -2.34. The van der Waals surface area contributed by atoms with E-state index < -0.39 is 11.6 Å². The molecule has 1 N–H and O–H groups in total. The molecular formula is C11H15Br2N3O2. The fourth-order valence-corrected chi connectivity index (χ4v) is 3.38. The highest BCUT2D eigenvalue weighted by molar-refractivity contribution is 9.12. The number of aliphatic imine (C=N–C) groups is 1. The maximum Gasteiger partial charge on any atom is 0.331 e. The summed E-state index contributed by atoms with van der Waals surface area (Å²) in [6.07, 6.45) is 1.75. The summed E-state index contributed by atoms with van der Waals surface area (Å²) in [7, 11) is 0. The minimum absolute atomic E-state index is 0.133. The van der Waals surface area contributed by atoms with Crippen molar-refractivity contribution in [1.29, 1.82) is 0 Å². The average molecular weight is 381 g/mol. The second-order valence-electron chi connectivity index (χ2n) is 5.13. The molecule has 100 valence electrons. The minimum atomic E-state index is -0.492. The van der Waals surface area contributed by atoms with Gasteiger partial charge >= 0.3 is 5.97 Å². The van der Waals surface area contributed by atoms with Crippen molar-refractivity contribution < 1.29 is 9.53 Å². The number of hydrogen-bond acceptors (Lipinski definition) is 5. The number of allylic oxidation sites excluding steroid dienone is 1. The van der Waals surface area contributed by atoms with E-state index >= 15 is 0 Å². The molecule has 0 aromatic carbocycles. The van der Waals surface area contributed by atoms with Gasteiger partial charge in [-0.05, 0) is 52.6 Å². The number of esters is 1. The smallest absolute Gasteiger partial charge is 0.331 e. The Kier molecular flexibility index (Phi) is 3.73. The Labute approximate surface area is 123 Å². The van der Waals surface area contributed by atoms with Gasteiger partial charge in [-0.1, -0.05) is 0 Å². The van der Waals surface area contributed by atoms with Gasteiger partial charge in [0.1, 0.15) is 16.2 Å². The topological polar surface area (TPSA) is 53.9 Å². The molecule has 2 aliphatic heterocycles.